The number of Topliss-reactive ketones (excluding diaryl/α,β-unsaturated/α-hetero) is 1. The minimum Gasteiger partial charge on any atom is -0.499 e. The van der Waals surface area contributed by atoms with Gasteiger partial charge in [0.15, 0.2) is 16.3 Å². The molecule has 4 atom stereocenters. The average Bonchev–Trinajstić information content (AvgIpc) is 2.69. The largest absolute Gasteiger partial charge is 0.499 e. The van der Waals surface area contributed by atoms with Gasteiger partial charge in [0, 0.05) is 12.5 Å². The maximum absolute atomic E-state index is 13.9. The predicted octanol–water partition coefficient (Wildman–Crippen LogP) is 3.47. The van der Waals surface area contributed by atoms with E-state index in [1.54, 1.807) is 6.08 Å². The van der Waals surface area contributed by atoms with E-state index in [1.165, 1.54) is 21.3 Å². The molecule has 0 radical (unpaired) electrons. The summed E-state index contributed by atoms with van der Waals surface area (Å²) in [6, 6.07) is 0. The van der Waals surface area contributed by atoms with Crippen molar-refractivity contribution in [1.29, 1.82) is 0 Å². The lowest BCUT2D eigenvalue weighted by molar-refractivity contribution is -0.194. The standard InChI is InChI=1S/C21H25ClO5/c1-18-10-14(13-8-6-5-7-9-13)21(27-4)16(23)20(18,22)15(25-2)11-19(21,12-18)17(24)26-3/h8,10-11H,5-7,9,12H2,1-4H3/t18-,19-,20+,21+/m0/s1. The fourth-order valence-electron chi connectivity index (χ4n) is 5.78. The Bertz CT molecular complexity index is 826. The van der Waals surface area contributed by atoms with Crippen molar-refractivity contribution in [3.05, 3.63) is 35.1 Å². The number of carbonyl (C=O) groups excluding carboxylic acids is 2. The molecular weight excluding hydrogens is 368 g/mol. The second kappa shape index (κ2) is 5.71. The lowest BCUT2D eigenvalue weighted by Gasteiger charge is -2.66. The monoisotopic (exact) mass is 392 g/mol. The van der Waals surface area contributed by atoms with Crippen LogP contribution < -0.4 is 0 Å². The lowest BCUT2D eigenvalue weighted by atomic mass is 9.40. The molecule has 146 valence electrons. The van der Waals surface area contributed by atoms with Crippen molar-refractivity contribution in [2.45, 2.75) is 49.5 Å². The maximum atomic E-state index is 13.9. The number of methoxy groups -OCH3 is 3. The van der Waals surface area contributed by atoms with E-state index in [9.17, 15) is 9.59 Å². The smallest absolute Gasteiger partial charge is 0.319 e. The molecule has 4 bridgehead atoms. The highest BCUT2D eigenvalue weighted by molar-refractivity contribution is 6.42. The van der Waals surface area contributed by atoms with Gasteiger partial charge in [-0.15, -0.1) is 11.6 Å². The van der Waals surface area contributed by atoms with Crippen LogP contribution in [-0.2, 0) is 23.8 Å². The van der Waals surface area contributed by atoms with Crippen molar-refractivity contribution in [2.75, 3.05) is 21.3 Å². The van der Waals surface area contributed by atoms with Gasteiger partial charge in [-0.2, -0.15) is 0 Å². The Kier molecular flexibility index (Phi) is 3.97. The third kappa shape index (κ3) is 1.85. The number of esters is 1. The van der Waals surface area contributed by atoms with Crippen LogP contribution in [0, 0.1) is 10.8 Å². The highest BCUT2D eigenvalue weighted by Crippen LogP contribution is 2.72. The van der Waals surface area contributed by atoms with Crippen molar-refractivity contribution < 1.29 is 23.8 Å². The zero-order chi connectivity index (χ0) is 19.7. The van der Waals surface area contributed by atoms with E-state index in [2.05, 4.69) is 12.2 Å². The molecule has 6 aliphatic rings. The molecule has 27 heavy (non-hydrogen) atoms. The Hall–Kier alpha value is -1.59. The van der Waals surface area contributed by atoms with Gasteiger partial charge >= 0.3 is 5.97 Å². The minimum atomic E-state index is -1.50. The van der Waals surface area contributed by atoms with E-state index >= 15 is 0 Å². The summed E-state index contributed by atoms with van der Waals surface area (Å²) in [6.45, 7) is 1.92. The number of rotatable bonds is 4. The maximum Gasteiger partial charge on any atom is 0.319 e. The number of ether oxygens (including phenoxy) is 3. The summed E-state index contributed by atoms with van der Waals surface area (Å²) in [7, 11) is 4.28. The second-order valence-electron chi connectivity index (χ2n) is 8.18. The molecule has 0 N–H and O–H groups in total. The quantitative estimate of drug-likeness (QED) is 0.541. The first-order valence-electron chi connectivity index (χ1n) is 9.35. The molecule has 0 heterocycles. The molecule has 0 amide bonds. The second-order valence-corrected chi connectivity index (χ2v) is 8.74. The molecule has 0 unspecified atom stereocenters. The van der Waals surface area contributed by atoms with Crippen molar-refractivity contribution in [3.63, 3.8) is 0 Å². The SMILES string of the molecule is COC(=O)[C@@]12C=C(OC)[C@@]3(Cl)C(=O)[C@]1(OC)C(C1=CCCCC1)=C[C@@]3(C)C2. The van der Waals surface area contributed by atoms with Crippen LogP contribution >= 0.6 is 11.6 Å². The van der Waals surface area contributed by atoms with Crippen molar-refractivity contribution in [1.82, 2.24) is 0 Å². The normalized spacial score (nSPS) is 42.4. The summed E-state index contributed by atoms with van der Waals surface area (Å²) >= 11 is 7.00. The van der Waals surface area contributed by atoms with Crippen molar-refractivity contribution in [2.24, 2.45) is 10.8 Å². The Morgan fingerprint density at radius 2 is 1.93 bits per heavy atom. The van der Waals surface area contributed by atoms with Crippen molar-refractivity contribution in [3.8, 4) is 0 Å². The van der Waals surface area contributed by atoms with Crippen LogP contribution in [-0.4, -0.2) is 43.6 Å². The first kappa shape index (κ1) is 18.8. The number of ketones is 1. The van der Waals surface area contributed by atoms with Gasteiger partial charge < -0.3 is 14.2 Å². The van der Waals surface area contributed by atoms with Crippen LogP contribution in [0.25, 0.3) is 0 Å². The average molecular weight is 393 g/mol. The summed E-state index contributed by atoms with van der Waals surface area (Å²) in [5.74, 6) is -0.533. The zero-order valence-corrected chi connectivity index (χ0v) is 16.9. The lowest BCUT2D eigenvalue weighted by Crippen LogP contribution is -2.79. The van der Waals surface area contributed by atoms with E-state index in [0.717, 1.165) is 36.8 Å². The Morgan fingerprint density at radius 3 is 2.48 bits per heavy atom. The van der Waals surface area contributed by atoms with E-state index in [1.807, 2.05) is 6.92 Å². The number of allylic oxidation sites excluding steroid dienone is 3. The predicted molar refractivity (Wildman–Crippen MR) is 100 cm³/mol. The van der Waals surface area contributed by atoms with Crippen LogP contribution in [0.15, 0.2) is 35.1 Å². The fraction of sp³-hybridized carbons (Fsp3) is 0.619. The Balaban J connectivity index is 2.08. The van der Waals surface area contributed by atoms with Gasteiger partial charge in [-0.05, 0) is 49.3 Å². The molecule has 0 aromatic rings. The van der Waals surface area contributed by atoms with Gasteiger partial charge in [0.2, 0.25) is 0 Å². The van der Waals surface area contributed by atoms with Gasteiger partial charge in [0.1, 0.15) is 11.2 Å². The van der Waals surface area contributed by atoms with Gasteiger partial charge in [-0.3, -0.25) is 9.59 Å². The number of carbonyl (C=O) groups is 2. The van der Waals surface area contributed by atoms with Gasteiger partial charge in [-0.25, -0.2) is 0 Å². The highest BCUT2D eigenvalue weighted by atomic mass is 35.5. The van der Waals surface area contributed by atoms with Crippen LogP contribution in [0.4, 0.5) is 0 Å². The molecule has 1 fully saturated rings. The van der Waals surface area contributed by atoms with Crippen LogP contribution in [0.2, 0.25) is 0 Å². The number of halogens is 1. The van der Waals surface area contributed by atoms with E-state index in [-0.39, 0.29) is 5.78 Å². The minimum absolute atomic E-state index is 0.300. The Labute approximate surface area is 164 Å². The molecule has 0 aromatic heterocycles. The summed E-state index contributed by atoms with van der Waals surface area (Å²) in [4.78, 5) is 25.7. The van der Waals surface area contributed by atoms with Crippen LogP contribution in [0.3, 0.4) is 0 Å². The summed E-state index contributed by atoms with van der Waals surface area (Å²) in [5.41, 5.74) is -1.73. The topological polar surface area (TPSA) is 61.8 Å². The van der Waals surface area contributed by atoms with Gasteiger partial charge in [0.25, 0.3) is 0 Å². The van der Waals surface area contributed by atoms with E-state index in [4.69, 9.17) is 25.8 Å². The number of hydrogen-bond donors (Lipinski definition) is 0. The van der Waals surface area contributed by atoms with Gasteiger partial charge in [-0.1, -0.05) is 19.1 Å². The third-order valence-corrected chi connectivity index (χ3v) is 7.76. The summed E-state index contributed by atoms with van der Waals surface area (Å²) in [5, 5.41) is 0. The zero-order valence-electron chi connectivity index (χ0n) is 16.2. The molecule has 6 aliphatic carbocycles. The van der Waals surface area contributed by atoms with Crippen LogP contribution in [0.5, 0.6) is 0 Å². The molecule has 6 rings (SSSR count). The third-order valence-electron chi connectivity index (χ3n) is 6.97. The molecule has 0 aromatic carbocycles. The van der Waals surface area contributed by atoms with Gasteiger partial charge in [0.05, 0.1) is 14.2 Å². The molecular formula is C21H25ClO5. The molecule has 0 aliphatic heterocycles. The fourth-order valence-corrected chi connectivity index (χ4v) is 6.16. The van der Waals surface area contributed by atoms with E-state index < -0.39 is 27.3 Å². The van der Waals surface area contributed by atoms with Crippen molar-refractivity contribution >= 4 is 23.4 Å². The molecule has 5 nitrogen and oxygen atoms in total. The Morgan fingerprint density at radius 1 is 1.19 bits per heavy atom. The molecule has 1 saturated carbocycles. The number of hydrogen-bond acceptors (Lipinski definition) is 5. The molecule has 0 saturated heterocycles. The van der Waals surface area contributed by atoms with Crippen LogP contribution in [0.1, 0.15) is 39.0 Å². The molecule has 0 spiro atoms. The highest BCUT2D eigenvalue weighted by Gasteiger charge is 2.83. The number of alkyl halides is 1. The first-order valence-corrected chi connectivity index (χ1v) is 9.72. The summed E-state index contributed by atoms with van der Waals surface area (Å²) in [6.07, 6.45) is 10.2. The first-order chi connectivity index (χ1) is 12.8. The molecule has 6 heteroatoms. The van der Waals surface area contributed by atoms with E-state index in [0.29, 0.717) is 12.2 Å². The summed E-state index contributed by atoms with van der Waals surface area (Å²) < 4.78 is 16.7.